The lowest BCUT2D eigenvalue weighted by molar-refractivity contribution is 0.620. The smallest absolute Gasteiger partial charge is 0.158 e. The number of aryl methyl sites for hydroxylation is 2. The molecule has 0 amide bonds. The van der Waals surface area contributed by atoms with Gasteiger partial charge in [-0.05, 0) is 26.7 Å². The first-order chi connectivity index (χ1) is 6.18. The van der Waals surface area contributed by atoms with Gasteiger partial charge < -0.3 is 5.73 Å². The van der Waals surface area contributed by atoms with Crippen LogP contribution in [0.5, 0.6) is 0 Å². The van der Waals surface area contributed by atoms with Crippen molar-refractivity contribution in [2.45, 2.75) is 32.1 Å². The molecule has 2 N–H and O–H groups in total. The van der Waals surface area contributed by atoms with Gasteiger partial charge in [-0.25, -0.2) is 4.98 Å². The quantitative estimate of drug-likeness (QED) is 0.715. The summed E-state index contributed by atoms with van der Waals surface area (Å²) in [7, 11) is 0. The van der Waals surface area contributed by atoms with Crippen LogP contribution >= 0.6 is 0 Å². The van der Waals surface area contributed by atoms with Crippen molar-refractivity contribution in [3.63, 3.8) is 0 Å². The van der Waals surface area contributed by atoms with E-state index in [2.05, 4.69) is 15.2 Å². The first kappa shape index (κ1) is 8.56. The van der Waals surface area contributed by atoms with E-state index >= 15 is 0 Å². The van der Waals surface area contributed by atoms with E-state index in [0.29, 0.717) is 6.54 Å². The van der Waals surface area contributed by atoms with Crippen molar-refractivity contribution in [3.8, 4) is 0 Å². The predicted molar refractivity (Wildman–Crippen MR) is 49.3 cm³/mol. The number of hydrogen-bond donors (Lipinski definition) is 1. The summed E-state index contributed by atoms with van der Waals surface area (Å²) in [5.41, 5.74) is 7.60. The molecule has 2 rings (SSSR count). The topological polar surface area (TPSA) is 64.7 Å². The molecule has 13 heavy (non-hydrogen) atoms. The summed E-state index contributed by atoms with van der Waals surface area (Å²) in [5.74, 6) is 0.832. The second kappa shape index (κ2) is 2.73. The minimum absolute atomic E-state index is 0.0610. The lowest BCUT2D eigenvalue weighted by atomic mass is 10.1. The Morgan fingerprint density at radius 1 is 1.23 bits per heavy atom. The molecule has 1 heterocycles. The van der Waals surface area contributed by atoms with Crippen LogP contribution in [0.3, 0.4) is 0 Å². The van der Waals surface area contributed by atoms with Gasteiger partial charge in [0.25, 0.3) is 0 Å². The van der Waals surface area contributed by atoms with Crippen molar-refractivity contribution >= 4 is 0 Å². The Hall–Kier alpha value is -1.03. The first-order valence-electron chi connectivity index (χ1n) is 4.56. The predicted octanol–water partition coefficient (Wildman–Crippen LogP) is 0.479. The minimum atomic E-state index is 0.0610. The molecule has 0 unspecified atom stereocenters. The van der Waals surface area contributed by atoms with Crippen molar-refractivity contribution in [1.82, 2.24) is 15.2 Å². The average Bonchev–Trinajstić information content (AvgIpc) is 2.90. The summed E-state index contributed by atoms with van der Waals surface area (Å²) in [6.07, 6.45) is 2.21. The van der Waals surface area contributed by atoms with E-state index in [1.165, 1.54) is 0 Å². The number of nitrogens with zero attached hydrogens (tertiary/aromatic N) is 3. The van der Waals surface area contributed by atoms with Crippen LogP contribution in [0.2, 0.25) is 0 Å². The fourth-order valence-electron chi connectivity index (χ4n) is 1.35. The molecular weight excluding hydrogens is 164 g/mol. The molecular formula is C9H14N4. The molecule has 0 saturated heterocycles. The Morgan fingerprint density at radius 2 is 1.92 bits per heavy atom. The monoisotopic (exact) mass is 178 g/mol. The lowest BCUT2D eigenvalue weighted by Gasteiger charge is -2.10. The molecule has 1 fully saturated rings. The second-order valence-electron chi connectivity index (χ2n) is 3.79. The molecule has 70 valence electrons. The molecule has 1 aliphatic carbocycles. The molecule has 1 aromatic rings. The number of nitrogens with two attached hydrogens (primary N) is 1. The van der Waals surface area contributed by atoms with E-state index in [1.54, 1.807) is 0 Å². The minimum Gasteiger partial charge on any atom is -0.329 e. The first-order valence-corrected chi connectivity index (χ1v) is 4.56. The van der Waals surface area contributed by atoms with Crippen LogP contribution in [-0.4, -0.2) is 21.7 Å². The molecule has 0 spiro atoms. The molecule has 4 heteroatoms. The maximum absolute atomic E-state index is 5.68. The summed E-state index contributed by atoms with van der Waals surface area (Å²) >= 11 is 0. The number of hydrogen-bond acceptors (Lipinski definition) is 4. The third-order valence-electron chi connectivity index (χ3n) is 2.81. The van der Waals surface area contributed by atoms with Crippen molar-refractivity contribution < 1.29 is 0 Å². The highest BCUT2D eigenvalue weighted by Gasteiger charge is 2.46. The molecule has 1 saturated carbocycles. The molecule has 1 aromatic heterocycles. The van der Waals surface area contributed by atoms with Crippen LogP contribution in [0.1, 0.15) is 30.1 Å². The second-order valence-corrected chi connectivity index (χ2v) is 3.79. The number of rotatable bonds is 2. The zero-order valence-corrected chi connectivity index (χ0v) is 8.04. The van der Waals surface area contributed by atoms with Crippen molar-refractivity contribution in [1.29, 1.82) is 0 Å². The Kier molecular flexibility index (Phi) is 1.80. The summed E-state index contributed by atoms with van der Waals surface area (Å²) in [4.78, 5) is 4.42. The van der Waals surface area contributed by atoms with Gasteiger partial charge in [0, 0.05) is 12.0 Å². The molecule has 4 nitrogen and oxygen atoms in total. The zero-order chi connectivity index (χ0) is 9.47. The Morgan fingerprint density at radius 3 is 2.38 bits per heavy atom. The van der Waals surface area contributed by atoms with Crippen LogP contribution in [-0.2, 0) is 5.41 Å². The molecule has 0 bridgehead atoms. The SMILES string of the molecule is Cc1nnc(C2(CN)CC2)nc1C. The third-order valence-corrected chi connectivity index (χ3v) is 2.81. The summed E-state index contributed by atoms with van der Waals surface area (Å²) in [5, 5.41) is 8.17. The van der Waals surface area contributed by atoms with Crippen molar-refractivity contribution in [2.75, 3.05) is 6.54 Å². The van der Waals surface area contributed by atoms with Gasteiger partial charge >= 0.3 is 0 Å². The Balaban J connectivity index is 2.37. The molecule has 0 aromatic carbocycles. The largest absolute Gasteiger partial charge is 0.329 e. The van der Waals surface area contributed by atoms with E-state index in [-0.39, 0.29) is 5.41 Å². The maximum Gasteiger partial charge on any atom is 0.158 e. The van der Waals surface area contributed by atoms with Crippen LogP contribution in [0.15, 0.2) is 0 Å². The van der Waals surface area contributed by atoms with Gasteiger partial charge in [-0.1, -0.05) is 0 Å². The van der Waals surface area contributed by atoms with E-state index < -0.39 is 0 Å². The highest BCUT2D eigenvalue weighted by atomic mass is 15.2. The fourth-order valence-corrected chi connectivity index (χ4v) is 1.35. The fraction of sp³-hybridized carbons (Fsp3) is 0.667. The normalized spacial score (nSPS) is 18.7. The number of aromatic nitrogens is 3. The van der Waals surface area contributed by atoms with Crippen LogP contribution in [0.25, 0.3) is 0 Å². The maximum atomic E-state index is 5.68. The Labute approximate surface area is 77.6 Å². The van der Waals surface area contributed by atoms with E-state index in [4.69, 9.17) is 5.73 Å². The van der Waals surface area contributed by atoms with Gasteiger partial charge in [0.1, 0.15) is 0 Å². The third kappa shape index (κ3) is 1.31. The molecule has 0 radical (unpaired) electrons. The highest BCUT2D eigenvalue weighted by molar-refractivity contribution is 5.20. The Bertz CT molecular complexity index is 330. The lowest BCUT2D eigenvalue weighted by Crippen LogP contribution is -2.23. The van der Waals surface area contributed by atoms with Crippen LogP contribution in [0, 0.1) is 13.8 Å². The van der Waals surface area contributed by atoms with Gasteiger partial charge in [0.05, 0.1) is 11.4 Å². The van der Waals surface area contributed by atoms with Crippen molar-refractivity contribution in [3.05, 3.63) is 17.2 Å². The van der Waals surface area contributed by atoms with Crippen LogP contribution in [0.4, 0.5) is 0 Å². The molecule has 1 aliphatic rings. The van der Waals surface area contributed by atoms with Gasteiger partial charge in [0.15, 0.2) is 5.82 Å². The van der Waals surface area contributed by atoms with E-state index in [1.807, 2.05) is 13.8 Å². The average molecular weight is 178 g/mol. The van der Waals surface area contributed by atoms with Gasteiger partial charge in [-0.3, -0.25) is 0 Å². The van der Waals surface area contributed by atoms with Gasteiger partial charge in [-0.15, -0.1) is 5.10 Å². The van der Waals surface area contributed by atoms with Gasteiger partial charge in [-0.2, -0.15) is 5.10 Å². The highest BCUT2D eigenvalue weighted by Crippen LogP contribution is 2.45. The van der Waals surface area contributed by atoms with Gasteiger partial charge in [0.2, 0.25) is 0 Å². The summed E-state index contributed by atoms with van der Waals surface area (Å²) < 4.78 is 0. The summed E-state index contributed by atoms with van der Waals surface area (Å²) in [6, 6.07) is 0. The standard InChI is InChI=1S/C9H14N4/c1-6-7(2)12-13-8(11-6)9(5-10)3-4-9/h3-5,10H2,1-2H3. The molecule has 0 aliphatic heterocycles. The van der Waals surface area contributed by atoms with Crippen LogP contribution < -0.4 is 5.73 Å². The van der Waals surface area contributed by atoms with E-state index in [9.17, 15) is 0 Å². The van der Waals surface area contributed by atoms with Crippen molar-refractivity contribution in [2.24, 2.45) is 5.73 Å². The molecule has 0 atom stereocenters. The van der Waals surface area contributed by atoms with E-state index in [0.717, 1.165) is 30.1 Å². The summed E-state index contributed by atoms with van der Waals surface area (Å²) in [6.45, 7) is 4.51. The zero-order valence-electron chi connectivity index (χ0n) is 8.04.